The second kappa shape index (κ2) is 10.5. The van der Waals surface area contributed by atoms with Crippen molar-refractivity contribution in [2.24, 2.45) is 0 Å². The molecule has 0 saturated heterocycles. The summed E-state index contributed by atoms with van der Waals surface area (Å²) >= 11 is 0. The molecule has 0 aliphatic heterocycles. The van der Waals surface area contributed by atoms with E-state index in [9.17, 15) is 9.59 Å². The summed E-state index contributed by atoms with van der Waals surface area (Å²) in [6.07, 6.45) is 10.4. The van der Waals surface area contributed by atoms with Crippen molar-refractivity contribution in [2.45, 2.75) is 58.4 Å². The molecule has 3 aromatic rings. The van der Waals surface area contributed by atoms with Crippen LogP contribution < -0.4 is 10.9 Å². The van der Waals surface area contributed by atoms with E-state index >= 15 is 0 Å². The van der Waals surface area contributed by atoms with Crippen molar-refractivity contribution in [1.82, 2.24) is 24.6 Å². The zero-order valence-electron chi connectivity index (χ0n) is 17.0. The molecule has 0 saturated carbocycles. The second-order valence-electron chi connectivity index (χ2n) is 7.24. The minimum absolute atomic E-state index is 0.0365. The molecule has 0 atom stereocenters. The summed E-state index contributed by atoms with van der Waals surface area (Å²) in [4.78, 5) is 29.2. The van der Waals surface area contributed by atoms with Crippen molar-refractivity contribution in [1.29, 1.82) is 0 Å². The highest BCUT2D eigenvalue weighted by molar-refractivity contribution is 5.76. The Kier molecular flexibility index (Phi) is 7.55. The molecule has 0 aliphatic rings. The number of fused-ring (bicyclic) bond motifs is 1. The zero-order valence-corrected chi connectivity index (χ0v) is 17.0. The number of unbranched alkanes of at least 4 members (excludes halogenated alkanes) is 5. The monoisotopic (exact) mass is 395 g/mol. The summed E-state index contributed by atoms with van der Waals surface area (Å²) in [5.41, 5.74) is 1.19. The second-order valence-corrected chi connectivity index (χ2v) is 7.24. The van der Waals surface area contributed by atoms with Gasteiger partial charge in [-0.3, -0.25) is 14.2 Å². The average molecular weight is 396 g/mol. The molecule has 1 amide bonds. The standard InChI is InChI=1S/C22H29N5O2/c1-2-3-4-5-6-10-14-23-20(28)13-15-26-17-24-21-19(22(26)29)16-25-27(21)18-11-8-7-9-12-18/h7-9,11-12,16-17H,2-6,10,13-15H2,1H3,(H,23,28). The molecule has 2 heterocycles. The number of nitrogens with zero attached hydrogens (tertiary/aromatic N) is 4. The number of benzene rings is 1. The van der Waals surface area contributed by atoms with Crippen LogP contribution in [0.4, 0.5) is 0 Å². The number of rotatable bonds is 11. The molecule has 29 heavy (non-hydrogen) atoms. The highest BCUT2D eigenvalue weighted by atomic mass is 16.1. The molecule has 7 heteroatoms. The third kappa shape index (κ3) is 5.53. The van der Waals surface area contributed by atoms with Crippen molar-refractivity contribution in [3.63, 3.8) is 0 Å². The van der Waals surface area contributed by atoms with Crippen molar-refractivity contribution < 1.29 is 4.79 Å². The van der Waals surface area contributed by atoms with E-state index < -0.39 is 0 Å². The van der Waals surface area contributed by atoms with E-state index in [1.165, 1.54) is 42.8 Å². The van der Waals surface area contributed by atoms with Gasteiger partial charge in [0, 0.05) is 19.5 Å². The van der Waals surface area contributed by atoms with Crippen LogP contribution in [0.2, 0.25) is 0 Å². The van der Waals surface area contributed by atoms with E-state index in [0.717, 1.165) is 18.5 Å². The molecular weight excluding hydrogens is 366 g/mol. The fourth-order valence-electron chi connectivity index (χ4n) is 3.31. The Morgan fingerprint density at radius 3 is 2.62 bits per heavy atom. The van der Waals surface area contributed by atoms with Gasteiger partial charge in [-0.25, -0.2) is 9.67 Å². The zero-order chi connectivity index (χ0) is 20.5. The van der Waals surface area contributed by atoms with Gasteiger partial charge in [0.25, 0.3) is 5.56 Å². The van der Waals surface area contributed by atoms with Gasteiger partial charge in [0.05, 0.1) is 18.2 Å². The lowest BCUT2D eigenvalue weighted by atomic mass is 10.1. The van der Waals surface area contributed by atoms with Crippen LogP contribution in [-0.2, 0) is 11.3 Å². The summed E-state index contributed by atoms with van der Waals surface area (Å²) in [5, 5.41) is 7.68. The Morgan fingerprint density at radius 2 is 1.83 bits per heavy atom. The number of nitrogens with one attached hydrogen (secondary N) is 1. The average Bonchev–Trinajstić information content (AvgIpc) is 3.18. The van der Waals surface area contributed by atoms with Crippen LogP contribution in [0.1, 0.15) is 51.9 Å². The number of aromatic nitrogens is 4. The summed E-state index contributed by atoms with van der Waals surface area (Å²) in [5.74, 6) is -0.0365. The van der Waals surface area contributed by atoms with Crippen LogP contribution in [0.15, 0.2) is 47.7 Å². The maximum Gasteiger partial charge on any atom is 0.264 e. The topological polar surface area (TPSA) is 81.8 Å². The molecule has 2 aromatic heterocycles. The molecule has 0 fully saturated rings. The SMILES string of the molecule is CCCCCCCCNC(=O)CCn1cnc2c(cnn2-c2ccccc2)c1=O. The fraction of sp³-hybridized carbons (Fsp3) is 0.455. The summed E-state index contributed by atoms with van der Waals surface area (Å²) < 4.78 is 3.12. The Hall–Kier alpha value is -2.96. The number of carbonyl (C=O) groups excluding carboxylic acids is 1. The van der Waals surface area contributed by atoms with Crippen LogP contribution in [0.25, 0.3) is 16.7 Å². The highest BCUT2D eigenvalue weighted by Gasteiger charge is 2.12. The number of para-hydroxylation sites is 1. The van der Waals surface area contributed by atoms with Crippen molar-refractivity contribution >= 4 is 16.9 Å². The lowest BCUT2D eigenvalue weighted by Crippen LogP contribution is -2.28. The number of carbonyl (C=O) groups is 1. The molecule has 3 rings (SSSR count). The molecule has 0 aliphatic carbocycles. The Balaban J connectivity index is 1.53. The first-order valence-electron chi connectivity index (χ1n) is 10.5. The Morgan fingerprint density at radius 1 is 1.07 bits per heavy atom. The van der Waals surface area contributed by atoms with E-state index in [2.05, 4.69) is 22.3 Å². The first-order chi connectivity index (χ1) is 14.2. The van der Waals surface area contributed by atoms with Gasteiger partial charge in [-0.15, -0.1) is 0 Å². The minimum Gasteiger partial charge on any atom is -0.356 e. The third-order valence-electron chi connectivity index (χ3n) is 4.99. The molecule has 0 unspecified atom stereocenters. The third-order valence-corrected chi connectivity index (χ3v) is 4.99. The number of hydrogen-bond acceptors (Lipinski definition) is 4. The first-order valence-corrected chi connectivity index (χ1v) is 10.5. The van der Waals surface area contributed by atoms with Gasteiger partial charge in [0.1, 0.15) is 5.39 Å². The predicted molar refractivity (Wildman–Crippen MR) is 114 cm³/mol. The van der Waals surface area contributed by atoms with Crippen LogP contribution in [-0.4, -0.2) is 31.8 Å². The maximum absolute atomic E-state index is 12.7. The molecule has 7 nitrogen and oxygen atoms in total. The van der Waals surface area contributed by atoms with E-state index in [1.54, 1.807) is 4.68 Å². The summed E-state index contributed by atoms with van der Waals surface area (Å²) in [6.45, 7) is 3.20. The van der Waals surface area contributed by atoms with Crippen LogP contribution in [0.3, 0.4) is 0 Å². The normalized spacial score (nSPS) is 11.1. The number of amides is 1. The Labute approximate surface area is 170 Å². The van der Waals surface area contributed by atoms with Crippen LogP contribution >= 0.6 is 0 Å². The van der Waals surface area contributed by atoms with Gasteiger partial charge >= 0.3 is 0 Å². The van der Waals surface area contributed by atoms with E-state index in [4.69, 9.17) is 0 Å². The van der Waals surface area contributed by atoms with E-state index in [1.807, 2.05) is 30.3 Å². The smallest absolute Gasteiger partial charge is 0.264 e. The predicted octanol–water partition coefficient (Wildman–Crippen LogP) is 3.45. The van der Waals surface area contributed by atoms with Gasteiger partial charge in [-0.1, -0.05) is 57.2 Å². The molecule has 0 radical (unpaired) electrons. The fourth-order valence-corrected chi connectivity index (χ4v) is 3.31. The van der Waals surface area contributed by atoms with Gasteiger partial charge in [0.2, 0.25) is 5.91 Å². The molecule has 0 spiro atoms. The summed E-state index contributed by atoms with van der Waals surface area (Å²) in [7, 11) is 0. The molecule has 1 N–H and O–H groups in total. The van der Waals surface area contributed by atoms with Crippen LogP contribution in [0, 0.1) is 0 Å². The molecule has 154 valence electrons. The van der Waals surface area contributed by atoms with Gasteiger partial charge in [0.15, 0.2) is 5.65 Å². The van der Waals surface area contributed by atoms with Gasteiger partial charge < -0.3 is 5.32 Å². The van der Waals surface area contributed by atoms with Gasteiger partial charge in [-0.2, -0.15) is 5.10 Å². The summed E-state index contributed by atoms with van der Waals surface area (Å²) in [6, 6.07) is 9.57. The maximum atomic E-state index is 12.7. The van der Waals surface area contributed by atoms with Crippen molar-refractivity contribution in [3.8, 4) is 5.69 Å². The number of aryl methyl sites for hydroxylation is 1. The van der Waals surface area contributed by atoms with E-state index in [-0.39, 0.29) is 17.9 Å². The Bertz CT molecular complexity index is 978. The molecule has 1 aromatic carbocycles. The van der Waals surface area contributed by atoms with Crippen molar-refractivity contribution in [3.05, 3.63) is 53.2 Å². The molecule has 0 bridgehead atoms. The van der Waals surface area contributed by atoms with Gasteiger partial charge in [-0.05, 0) is 18.6 Å². The number of hydrogen-bond donors (Lipinski definition) is 1. The molecular formula is C22H29N5O2. The minimum atomic E-state index is -0.180. The largest absolute Gasteiger partial charge is 0.356 e. The van der Waals surface area contributed by atoms with Crippen LogP contribution in [0.5, 0.6) is 0 Å². The highest BCUT2D eigenvalue weighted by Crippen LogP contribution is 2.13. The lowest BCUT2D eigenvalue weighted by Gasteiger charge is -2.07. The van der Waals surface area contributed by atoms with Crippen molar-refractivity contribution in [2.75, 3.05) is 6.54 Å². The first kappa shape index (κ1) is 20.8. The van der Waals surface area contributed by atoms with E-state index in [0.29, 0.717) is 24.1 Å². The quantitative estimate of drug-likeness (QED) is 0.504. The lowest BCUT2D eigenvalue weighted by molar-refractivity contribution is -0.121.